The summed E-state index contributed by atoms with van der Waals surface area (Å²) in [6.07, 6.45) is 4.31. The molecule has 1 aliphatic heterocycles. The van der Waals surface area contributed by atoms with Crippen molar-refractivity contribution >= 4 is 27.3 Å². The number of hydrogen-bond donors (Lipinski definition) is 1. The molecule has 1 N–H and O–H groups in total. The minimum absolute atomic E-state index is 0.153. The van der Waals surface area contributed by atoms with Gasteiger partial charge in [-0.25, -0.2) is 8.42 Å². The molecule has 140 valence electrons. The number of benzene rings is 1. The van der Waals surface area contributed by atoms with Crippen LogP contribution in [0.15, 0.2) is 24.3 Å². The minimum atomic E-state index is -3.40. The standard InChI is InChI=1S/C18H29N3O3S/c1-15(2)10-13-21(25(3,23)24)14-18(22)19-16-6-8-17(9-7-16)20-11-4-5-12-20/h6-9,15H,4-5,10-14H2,1-3H3,(H,19,22). The van der Waals surface area contributed by atoms with Crippen LogP contribution in [-0.2, 0) is 14.8 Å². The fourth-order valence-electron chi connectivity index (χ4n) is 2.86. The van der Waals surface area contributed by atoms with Crippen molar-refractivity contribution in [3.05, 3.63) is 24.3 Å². The lowest BCUT2D eigenvalue weighted by Gasteiger charge is -2.21. The van der Waals surface area contributed by atoms with Crippen molar-refractivity contribution in [2.75, 3.05) is 42.7 Å². The van der Waals surface area contributed by atoms with Crippen molar-refractivity contribution in [1.29, 1.82) is 0 Å². The van der Waals surface area contributed by atoms with E-state index in [-0.39, 0.29) is 12.5 Å². The SMILES string of the molecule is CC(C)CCN(CC(=O)Nc1ccc(N2CCCC2)cc1)S(C)(=O)=O. The number of carbonyl (C=O) groups excluding carboxylic acids is 1. The van der Waals surface area contributed by atoms with Gasteiger partial charge in [-0.05, 0) is 49.4 Å². The van der Waals surface area contributed by atoms with E-state index in [0.717, 1.165) is 31.5 Å². The van der Waals surface area contributed by atoms with Gasteiger partial charge in [-0.15, -0.1) is 0 Å². The van der Waals surface area contributed by atoms with Gasteiger partial charge in [-0.3, -0.25) is 4.79 Å². The first-order chi connectivity index (χ1) is 11.8. The number of hydrogen-bond acceptors (Lipinski definition) is 4. The van der Waals surface area contributed by atoms with E-state index in [4.69, 9.17) is 0 Å². The van der Waals surface area contributed by atoms with E-state index in [1.54, 1.807) is 0 Å². The first kappa shape index (κ1) is 19.7. The van der Waals surface area contributed by atoms with E-state index in [9.17, 15) is 13.2 Å². The second kappa shape index (κ2) is 8.67. The molecule has 1 aromatic rings. The van der Waals surface area contributed by atoms with Gasteiger partial charge >= 0.3 is 0 Å². The van der Waals surface area contributed by atoms with E-state index < -0.39 is 10.0 Å². The average molecular weight is 368 g/mol. The highest BCUT2D eigenvalue weighted by Gasteiger charge is 2.20. The molecule has 1 aromatic carbocycles. The maximum absolute atomic E-state index is 12.2. The predicted molar refractivity (Wildman–Crippen MR) is 102 cm³/mol. The molecule has 1 heterocycles. The summed E-state index contributed by atoms with van der Waals surface area (Å²) in [6.45, 7) is 6.41. The molecule has 25 heavy (non-hydrogen) atoms. The van der Waals surface area contributed by atoms with Gasteiger partial charge in [0, 0.05) is 31.0 Å². The number of rotatable bonds is 8. The Morgan fingerprint density at radius 2 is 1.80 bits per heavy atom. The molecule has 0 aromatic heterocycles. The summed E-state index contributed by atoms with van der Waals surface area (Å²) in [5.41, 5.74) is 1.84. The van der Waals surface area contributed by atoms with E-state index >= 15 is 0 Å². The lowest BCUT2D eigenvalue weighted by Crippen LogP contribution is -2.38. The number of nitrogens with zero attached hydrogens (tertiary/aromatic N) is 2. The molecule has 7 heteroatoms. The van der Waals surface area contributed by atoms with Crippen LogP contribution in [0, 0.1) is 5.92 Å². The molecule has 0 saturated carbocycles. The van der Waals surface area contributed by atoms with Gasteiger partial charge < -0.3 is 10.2 Å². The Morgan fingerprint density at radius 1 is 1.20 bits per heavy atom. The Hall–Kier alpha value is -1.60. The summed E-state index contributed by atoms with van der Waals surface area (Å²) in [7, 11) is -3.40. The maximum Gasteiger partial charge on any atom is 0.239 e. The van der Waals surface area contributed by atoms with Crippen LogP contribution in [0.4, 0.5) is 11.4 Å². The molecule has 0 atom stereocenters. The molecule has 0 bridgehead atoms. The third-order valence-corrected chi connectivity index (χ3v) is 5.62. The number of carbonyl (C=O) groups is 1. The van der Waals surface area contributed by atoms with Crippen molar-refractivity contribution in [3.8, 4) is 0 Å². The topological polar surface area (TPSA) is 69.7 Å². The van der Waals surface area contributed by atoms with Crippen molar-refractivity contribution in [2.24, 2.45) is 5.92 Å². The number of nitrogens with one attached hydrogen (secondary N) is 1. The van der Waals surface area contributed by atoms with Gasteiger partial charge in [-0.2, -0.15) is 4.31 Å². The van der Waals surface area contributed by atoms with Gasteiger partial charge in [0.15, 0.2) is 0 Å². The summed E-state index contributed by atoms with van der Waals surface area (Å²) in [6, 6.07) is 7.72. The number of amides is 1. The smallest absolute Gasteiger partial charge is 0.239 e. The fraction of sp³-hybridized carbons (Fsp3) is 0.611. The van der Waals surface area contributed by atoms with Crippen LogP contribution in [-0.4, -0.2) is 51.1 Å². The van der Waals surface area contributed by atoms with E-state index in [1.165, 1.54) is 17.1 Å². The molecule has 1 fully saturated rings. The predicted octanol–water partition coefficient (Wildman–Crippen LogP) is 2.53. The van der Waals surface area contributed by atoms with Crippen LogP contribution in [0.25, 0.3) is 0 Å². The summed E-state index contributed by atoms with van der Waals surface area (Å²) >= 11 is 0. The van der Waals surface area contributed by atoms with E-state index in [0.29, 0.717) is 18.2 Å². The highest BCUT2D eigenvalue weighted by Crippen LogP contribution is 2.22. The third kappa shape index (κ3) is 6.32. The minimum Gasteiger partial charge on any atom is -0.372 e. The molecule has 1 amide bonds. The zero-order valence-electron chi connectivity index (χ0n) is 15.4. The monoisotopic (exact) mass is 367 g/mol. The van der Waals surface area contributed by atoms with Gasteiger partial charge in [-0.1, -0.05) is 13.8 Å². The highest BCUT2D eigenvalue weighted by atomic mass is 32.2. The zero-order valence-corrected chi connectivity index (χ0v) is 16.2. The molecule has 1 aliphatic rings. The van der Waals surface area contributed by atoms with Gasteiger partial charge in [0.05, 0.1) is 12.8 Å². The molecular weight excluding hydrogens is 338 g/mol. The lowest BCUT2D eigenvalue weighted by molar-refractivity contribution is -0.116. The largest absolute Gasteiger partial charge is 0.372 e. The number of sulfonamides is 1. The summed E-state index contributed by atoms with van der Waals surface area (Å²) in [4.78, 5) is 14.6. The zero-order chi connectivity index (χ0) is 18.4. The normalized spacial score (nSPS) is 15.2. The van der Waals surface area contributed by atoms with Crippen LogP contribution >= 0.6 is 0 Å². The third-order valence-electron chi connectivity index (χ3n) is 4.37. The molecule has 2 rings (SSSR count). The second-order valence-electron chi connectivity index (χ2n) is 7.07. The molecule has 6 nitrogen and oxygen atoms in total. The fourth-order valence-corrected chi connectivity index (χ4v) is 3.64. The Bertz CT molecular complexity index is 665. The number of anilines is 2. The van der Waals surface area contributed by atoms with E-state index in [1.807, 2.05) is 38.1 Å². The van der Waals surface area contributed by atoms with Crippen LogP contribution in [0.5, 0.6) is 0 Å². The lowest BCUT2D eigenvalue weighted by atomic mass is 10.1. The van der Waals surface area contributed by atoms with Crippen molar-refractivity contribution in [1.82, 2.24) is 4.31 Å². The molecule has 1 saturated heterocycles. The van der Waals surface area contributed by atoms with Crippen LogP contribution in [0.3, 0.4) is 0 Å². The van der Waals surface area contributed by atoms with Crippen molar-refractivity contribution in [2.45, 2.75) is 33.1 Å². The van der Waals surface area contributed by atoms with Crippen LogP contribution in [0.2, 0.25) is 0 Å². The second-order valence-corrected chi connectivity index (χ2v) is 9.05. The summed E-state index contributed by atoms with van der Waals surface area (Å²) in [5.74, 6) is 0.0635. The summed E-state index contributed by atoms with van der Waals surface area (Å²) in [5, 5.41) is 2.79. The molecule has 0 radical (unpaired) electrons. The molecular formula is C18H29N3O3S. The first-order valence-corrected chi connectivity index (χ1v) is 10.7. The summed E-state index contributed by atoms with van der Waals surface area (Å²) < 4.78 is 25.0. The van der Waals surface area contributed by atoms with E-state index in [2.05, 4.69) is 10.2 Å². The Labute approximate surface area is 151 Å². The maximum atomic E-state index is 12.2. The van der Waals surface area contributed by atoms with Crippen molar-refractivity contribution < 1.29 is 13.2 Å². The van der Waals surface area contributed by atoms with Gasteiger partial charge in [0.25, 0.3) is 0 Å². The van der Waals surface area contributed by atoms with Gasteiger partial charge in [0.1, 0.15) is 0 Å². The Kier molecular flexibility index (Phi) is 6.84. The van der Waals surface area contributed by atoms with Crippen LogP contribution in [0.1, 0.15) is 33.1 Å². The van der Waals surface area contributed by atoms with Crippen LogP contribution < -0.4 is 10.2 Å². The molecule has 0 aliphatic carbocycles. The Morgan fingerprint density at radius 3 is 2.32 bits per heavy atom. The quantitative estimate of drug-likeness (QED) is 0.766. The first-order valence-electron chi connectivity index (χ1n) is 8.85. The van der Waals surface area contributed by atoms with Crippen molar-refractivity contribution in [3.63, 3.8) is 0 Å². The molecule has 0 spiro atoms. The average Bonchev–Trinajstić information content (AvgIpc) is 3.05. The highest BCUT2D eigenvalue weighted by molar-refractivity contribution is 7.88. The molecule has 0 unspecified atom stereocenters. The van der Waals surface area contributed by atoms with Gasteiger partial charge in [0.2, 0.25) is 15.9 Å². The Balaban J connectivity index is 1.93.